The van der Waals surface area contributed by atoms with Crippen LogP contribution in [0.15, 0.2) is 22.1 Å². The summed E-state index contributed by atoms with van der Waals surface area (Å²) in [5.41, 5.74) is 0. The van der Waals surface area contributed by atoms with E-state index in [2.05, 4.69) is 74.7 Å². The smallest absolute Gasteiger partial charge is 0.0716 e. The predicted octanol–water partition coefficient (Wildman–Crippen LogP) is 6.69. The third-order valence-corrected chi connectivity index (χ3v) is 12.5. The molecule has 0 unspecified atom stereocenters. The average molecular weight is 596 g/mol. The van der Waals surface area contributed by atoms with E-state index in [1.807, 2.05) is 47.0 Å². The zero-order valence-corrected chi connectivity index (χ0v) is 16.5. The maximum absolute atomic E-state index is 2.42. The molecule has 76 valence electrons. The minimum Gasteiger partial charge on any atom is -0.0840 e. The molecule has 14 heavy (non-hydrogen) atoms. The lowest BCUT2D eigenvalue weighted by atomic mass is 10.8. The van der Waals surface area contributed by atoms with E-state index in [9.17, 15) is 0 Å². The van der Waals surface area contributed by atoms with Gasteiger partial charge in [-0.2, -0.15) is 0 Å². The Balaban J connectivity index is 2.17. The first-order valence-electron chi connectivity index (χ1n) is 3.45. The SMILES string of the molecule is CC1=C(I)SC(=C2SC(I)=C(I)S2)S1. The van der Waals surface area contributed by atoms with E-state index >= 15 is 0 Å². The highest BCUT2D eigenvalue weighted by Crippen LogP contribution is 2.62. The molecule has 0 nitrogen and oxygen atoms in total. The van der Waals surface area contributed by atoms with Gasteiger partial charge in [0.1, 0.15) is 0 Å². The molecule has 0 aliphatic carbocycles. The quantitative estimate of drug-likeness (QED) is 0.286. The van der Waals surface area contributed by atoms with Crippen LogP contribution in [0.2, 0.25) is 0 Å². The van der Waals surface area contributed by atoms with Gasteiger partial charge >= 0.3 is 0 Å². The first-order chi connectivity index (χ1) is 6.58. The Morgan fingerprint density at radius 3 is 1.57 bits per heavy atom. The molecule has 0 aromatic heterocycles. The Kier molecular flexibility index (Phi) is 5.33. The molecule has 0 N–H and O–H groups in total. The van der Waals surface area contributed by atoms with Crippen LogP contribution in [-0.2, 0) is 0 Å². The number of allylic oxidation sites excluding steroid dienone is 1. The molecule has 0 saturated carbocycles. The van der Waals surface area contributed by atoms with E-state index in [4.69, 9.17) is 0 Å². The van der Waals surface area contributed by atoms with E-state index in [1.54, 1.807) is 0 Å². The highest BCUT2D eigenvalue weighted by Gasteiger charge is 2.25. The van der Waals surface area contributed by atoms with Crippen LogP contribution in [-0.4, -0.2) is 0 Å². The van der Waals surface area contributed by atoms with Gasteiger partial charge in [0.15, 0.2) is 0 Å². The zero-order valence-electron chi connectivity index (χ0n) is 6.77. The number of hydrogen-bond donors (Lipinski definition) is 0. The second-order valence-corrected chi connectivity index (χ2v) is 12.6. The van der Waals surface area contributed by atoms with Crippen molar-refractivity contribution in [1.29, 1.82) is 0 Å². The minimum atomic E-state index is 1.41. The maximum Gasteiger partial charge on any atom is 0.0716 e. The van der Waals surface area contributed by atoms with Crippen molar-refractivity contribution >= 4 is 115 Å². The van der Waals surface area contributed by atoms with Gasteiger partial charge in [-0.3, -0.25) is 0 Å². The summed E-state index contributed by atoms with van der Waals surface area (Å²) in [5.74, 6) is 0. The summed E-state index contributed by atoms with van der Waals surface area (Å²) in [6.07, 6.45) is 0. The monoisotopic (exact) mass is 596 g/mol. The summed E-state index contributed by atoms with van der Waals surface area (Å²) in [6.45, 7) is 2.20. The maximum atomic E-state index is 2.42. The van der Waals surface area contributed by atoms with Crippen molar-refractivity contribution in [2.45, 2.75) is 6.92 Å². The van der Waals surface area contributed by atoms with E-state index in [0.29, 0.717) is 0 Å². The molecule has 7 heteroatoms. The van der Waals surface area contributed by atoms with Crippen LogP contribution >= 0.6 is 115 Å². The van der Waals surface area contributed by atoms with Crippen molar-refractivity contribution in [3.8, 4) is 0 Å². The molecule has 2 aliphatic heterocycles. The number of thioether (sulfide) groups is 4. The molecule has 0 amide bonds. The number of halogens is 3. The van der Waals surface area contributed by atoms with Gasteiger partial charge in [-0.1, -0.05) is 47.0 Å². The summed E-state index contributed by atoms with van der Waals surface area (Å²) in [4.78, 5) is 1.44. The van der Waals surface area contributed by atoms with Crippen molar-refractivity contribution in [2.24, 2.45) is 0 Å². The van der Waals surface area contributed by atoms with Crippen LogP contribution < -0.4 is 0 Å². The third-order valence-electron chi connectivity index (χ3n) is 1.39. The Bertz CT molecular complexity index is 314. The Morgan fingerprint density at radius 2 is 1.14 bits per heavy atom. The van der Waals surface area contributed by atoms with Gasteiger partial charge in [-0.25, -0.2) is 0 Å². The molecular formula is C7H3I3S4. The summed E-state index contributed by atoms with van der Waals surface area (Å²) < 4.78 is 7.17. The number of hydrogen-bond acceptors (Lipinski definition) is 4. The largest absolute Gasteiger partial charge is 0.0840 e. The highest BCUT2D eigenvalue weighted by atomic mass is 127. The Hall–Kier alpha value is 2.81. The van der Waals surface area contributed by atoms with Crippen molar-refractivity contribution in [1.82, 2.24) is 0 Å². The normalized spacial score (nSPS) is 23.1. The van der Waals surface area contributed by atoms with Crippen molar-refractivity contribution < 1.29 is 0 Å². The molecule has 2 rings (SSSR count). The van der Waals surface area contributed by atoms with Crippen LogP contribution in [0.25, 0.3) is 0 Å². The first-order valence-corrected chi connectivity index (χ1v) is 9.95. The van der Waals surface area contributed by atoms with Gasteiger partial charge in [0.2, 0.25) is 0 Å². The molecule has 0 aromatic carbocycles. The van der Waals surface area contributed by atoms with Crippen LogP contribution in [0.5, 0.6) is 0 Å². The van der Waals surface area contributed by atoms with Gasteiger partial charge in [-0.05, 0) is 74.7 Å². The Morgan fingerprint density at radius 1 is 0.714 bits per heavy atom. The van der Waals surface area contributed by atoms with Gasteiger partial charge in [0.05, 0.1) is 17.2 Å². The average Bonchev–Trinajstić information content (AvgIpc) is 2.60. The lowest BCUT2D eigenvalue weighted by molar-refractivity contribution is 1.73. The fraction of sp³-hybridized carbons (Fsp3) is 0.143. The standard InChI is InChI=1S/C7H3I3S4/c1-2-3(8)12-6(11-2)7-13-4(9)5(10)14-7/h1H3. The van der Waals surface area contributed by atoms with Gasteiger partial charge in [-0.15, -0.1) is 0 Å². The second-order valence-electron chi connectivity index (χ2n) is 2.36. The van der Waals surface area contributed by atoms with Crippen molar-refractivity contribution in [3.63, 3.8) is 0 Å². The molecule has 0 saturated heterocycles. The summed E-state index contributed by atoms with van der Waals surface area (Å²) in [7, 11) is 0. The molecule has 0 fully saturated rings. The van der Waals surface area contributed by atoms with Crippen LogP contribution in [0, 0.1) is 0 Å². The molecule has 0 spiro atoms. The molecule has 2 aliphatic rings. The summed E-state index contributed by atoms with van der Waals surface area (Å²) >= 11 is 14.9. The van der Waals surface area contributed by atoms with Crippen LogP contribution in [0.3, 0.4) is 0 Å². The van der Waals surface area contributed by atoms with Crippen LogP contribution in [0.1, 0.15) is 6.92 Å². The van der Waals surface area contributed by atoms with Crippen LogP contribution in [0.4, 0.5) is 0 Å². The van der Waals surface area contributed by atoms with E-state index in [1.165, 1.54) is 22.1 Å². The van der Waals surface area contributed by atoms with Gasteiger partial charge < -0.3 is 0 Å². The first kappa shape index (κ1) is 13.2. The third kappa shape index (κ3) is 2.98. The van der Waals surface area contributed by atoms with E-state index in [-0.39, 0.29) is 0 Å². The molecule has 0 atom stereocenters. The van der Waals surface area contributed by atoms with E-state index < -0.39 is 0 Å². The number of rotatable bonds is 0. The fourth-order valence-corrected chi connectivity index (χ4v) is 9.54. The molecular weight excluding hydrogens is 593 g/mol. The molecule has 0 radical (unpaired) electrons. The molecule has 0 bridgehead atoms. The lowest BCUT2D eigenvalue weighted by Gasteiger charge is -1.99. The van der Waals surface area contributed by atoms with Gasteiger partial charge in [0.25, 0.3) is 0 Å². The fourth-order valence-electron chi connectivity index (χ4n) is 0.784. The Labute approximate surface area is 141 Å². The minimum absolute atomic E-state index is 1.41. The molecule has 0 aromatic rings. The molecule has 2 heterocycles. The van der Waals surface area contributed by atoms with Crippen molar-refractivity contribution in [3.05, 3.63) is 22.1 Å². The lowest BCUT2D eigenvalue weighted by Crippen LogP contribution is -1.65. The highest BCUT2D eigenvalue weighted by molar-refractivity contribution is 14.1. The summed E-state index contributed by atoms with van der Waals surface area (Å²) in [5, 5.41) is 0. The second kappa shape index (κ2) is 5.63. The predicted molar refractivity (Wildman–Crippen MR) is 99.2 cm³/mol. The summed E-state index contributed by atoms with van der Waals surface area (Å²) in [6, 6.07) is 0. The topological polar surface area (TPSA) is 0 Å². The van der Waals surface area contributed by atoms with E-state index in [0.717, 1.165) is 0 Å². The zero-order chi connectivity index (χ0) is 10.3. The van der Waals surface area contributed by atoms with Gasteiger partial charge in [0, 0.05) is 4.91 Å². The van der Waals surface area contributed by atoms with Crippen molar-refractivity contribution in [2.75, 3.05) is 0 Å².